The van der Waals surface area contributed by atoms with E-state index in [4.69, 9.17) is 9.47 Å². The van der Waals surface area contributed by atoms with Gasteiger partial charge in [-0.3, -0.25) is 0 Å². The zero-order valence-corrected chi connectivity index (χ0v) is 14.9. The van der Waals surface area contributed by atoms with Crippen LogP contribution in [0.3, 0.4) is 0 Å². The number of methoxy groups -OCH3 is 2. The van der Waals surface area contributed by atoms with Gasteiger partial charge in [-0.1, -0.05) is 6.92 Å². The summed E-state index contributed by atoms with van der Waals surface area (Å²) in [5.74, 6) is -0.383. The number of hydrogen-bond donors (Lipinski definition) is 2. The summed E-state index contributed by atoms with van der Waals surface area (Å²) in [6.45, 7) is 3.35. The molecule has 2 unspecified atom stereocenters. The largest absolute Gasteiger partial charge is 0.493 e. The number of halogens is 2. The fourth-order valence-corrected chi connectivity index (χ4v) is 3.87. The molecule has 0 saturated carbocycles. The second-order valence-electron chi connectivity index (χ2n) is 5.34. The third kappa shape index (κ3) is 4.47. The Kier molecular flexibility index (Phi) is 7.06. The van der Waals surface area contributed by atoms with Crippen molar-refractivity contribution < 1.29 is 22.3 Å². The minimum atomic E-state index is -3.98. The van der Waals surface area contributed by atoms with E-state index in [9.17, 15) is 12.8 Å². The Morgan fingerprint density at radius 3 is 2.43 bits per heavy atom. The number of benzene rings is 1. The second-order valence-corrected chi connectivity index (χ2v) is 7.02. The summed E-state index contributed by atoms with van der Waals surface area (Å²) in [4.78, 5) is -0.442. The minimum Gasteiger partial charge on any atom is -0.493 e. The van der Waals surface area contributed by atoms with Crippen LogP contribution in [0.4, 0.5) is 4.39 Å². The second kappa shape index (κ2) is 8.14. The van der Waals surface area contributed by atoms with Crippen molar-refractivity contribution in [2.75, 3.05) is 27.3 Å². The van der Waals surface area contributed by atoms with Crippen LogP contribution in [0.5, 0.6) is 11.5 Å². The molecule has 132 valence electrons. The first kappa shape index (κ1) is 20.0. The Morgan fingerprint density at radius 1 is 1.26 bits per heavy atom. The summed E-state index contributed by atoms with van der Waals surface area (Å²) in [5, 5.41) is 3.13. The van der Waals surface area contributed by atoms with Gasteiger partial charge in [0, 0.05) is 24.7 Å². The molecule has 1 fully saturated rings. The van der Waals surface area contributed by atoms with Crippen LogP contribution in [0.25, 0.3) is 0 Å². The lowest BCUT2D eigenvalue weighted by Gasteiger charge is -2.30. The SMILES string of the molecule is COc1cc(F)c(S(=O)(=O)NC2CNCCC2C)cc1OC.Cl. The van der Waals surface area contributed by atoms with Crippen molar-refractivity contribution in [2.45, 2.75) is 24.3 Å². The van der Waals surface area contributed by atoms with Crippen molar-refractivity contribution >= 4 is 22.4 Å². The summed E-state index contributed by atoms with van der Waals surface area (Å²) >= 11 is 0. The van der Waals surface area contributed by atoms with Crippen LogP contribution in [0.15, 0.2) is 17.0 Å². The number of nitrogens with one attached hydrogen (secondary N) is 2. The highest BCUT2D eigenvalue weighted by Crippen LogP contribution is 2.32. The molecule has 0 bridgehead atoms. The van der Waals surface area contributed by atoms with E-state index in [0.29, 0.717) is 6.54 Å². The van der Waals surface area contributed by atoms with Crippen LogP contribution in [-0.4, -0.2) is 41.8 Å². The smallest absolute Gasteiger partial charge is 0.243 e. The number of rotatable bonds is 5. The molecule has 1 saturated heterocycles. The zero-order valence-electron chi connectivity index (χ0n) is 13.3. The lowest BCUT2D eigenvalue weighted by atomic mass is 9.96. The molecule has 2 rings (SSSR count). The quantitative estimate of drug-likeness (QED) is 0.824. The maximum Gasteiger partial charge on any atom is 0.243 e. The maximum absolute atomic E-state index is 14.1. The number of sulfonamides is 1. The van der Waals surface area contributed by atoms with E-state index in [1.165, 1.54) is 14.2 Å². The molecule has 1 heterocycles. The van der Waals surface area contributed by atoms with Gasteiger partial charge in [0.15, 0.2) is 11.5 Å². The fourth-order valence-electron chi connectivity index (χ4n) is 2.45. The highest BCUT2D eigenvalue weighted by molar-refractivity contribution is 7.89. The Balaban J connectivity index is 0.00000264. The zero-order chi connectivity index (χ0) is 16.3. The third-order valence-electron chi connectivity index (χ3n) is 3.86. The Bertz CT molecular complexity index is 642. The predicted octanol–water partition coefficient (Wildman–Crippen LogP) is 1.54. The first-order valence-electron chi connectivity index (χ1n) is 7.03. The molecule has 1 aliphatic heterocycles. The van der Waals surface area contributed by atoms with Gasteiger partial charge in [-0.15, -0.1) is 12.4 Å². The molecule has 2 N–H and O–H groups in total. The van der Waals surface area contributed by atoms with Crippen LogP contribution in [-0.2, 0) is 10.0 Å². The predicted molar refractivity (Wildman–Crippen MR) is 87.5 cm³/mol. The van der Waals surface area contributed by atoms with E-state index in [2.05, 4.69) is 10.0 Å². The van der Waals surface area contributed by atoms with Gasteiger partial charge in [0.05, 0.1) is 14.2 Å². The van der Waals surface area contributed by atoms with Crippen molar-refractivity contribution in [3.63, 3.8) is 0 Å². The van der Waals surface area contributed by atoms with E-state index in [-0.39, 0.29) is 35.9 Å². The van der Waals surface area contributed by atoms with E-state index in [1.807, 2.05) is 6.92 Å². The lowest BCUT2D eigenvalue weighted by Crippen LogP contribution is -2.50. The molecule has 0 aliphatic carbocycles. The van der Waals surface area contributed by atoms with Gasteiger partial charge in [-0.2, -0.15) is 0 Å². The number of hydrogen-bond acceptors (Lipinski definition) is 5. The maximum atomic E-state index is 14.1. The van der Waals surface area contributed by atoms with Crippen LogP contribution < -0.4 is 19.5 Å². The summed E-state index contributed by atoms with van der Waals surface area (Å²) in [5.41, 5.74) is 0. The molecule has 23 heavy (non-hydrogen) atoms. The van der Waals surface area contributed by atoms with Crippen molar-refractivity contribution in [3.05, 3.63) is 17.9 Å². The van der Waals surface area contributed by atoms with Crippen molar-refractivity contribution in [3.8, 4) is 11.5 Å². The molecule has 0 radical (unpaired) electrons. The molecule has 1 aromatic carbocycles. The van der Waals surface area contributed by atoms with Crippen LogP contribution in [0.2, 0.25) is 0 Å². The summed E-state index contributed by atoms with van der Waals surface area (Å²) in [6, 6.07) is 1.87. The molecular weight excluding hydrogens is 347 g/mol. The Labute approximate surface area is 142 Å². The summed E-state index contributed by atoms with van der Waals surface area (Å²) in [6.07, 6.45) is 0.863. The summed E-state index contributed by atoms with van der Waals surface area (Å²) < 4.78 is 51.6. The van der Waals surface area contributed by atoms with E-state index in [1.54, 1.807) is 0 Å². The average Bonchev–Trinajstić information content (AvgIpc) is 2.48. The van der Waals surface area contributed by atoms with Gasteiger partial charge in [-0.05, 0) is 18.9 Å². The van der Waals surface area contributed by atoms with Crippen LogP contribution in [0.1, 0.15) is 13.3 Å². The van der Waals surface area contributed by atoms with E-state index >= 15 is 0 Å². The van der Waals surface area contributed by atoms with E-state index in [0.717, 1.165) is 25.1 Å². The molecule has 6 nitrogen and oxygen atoms in total. The molecule has 0 spiro atoms. The van der Waals surface area contributed by atoms with Gasteiger partial charge < -0.3 is 14.8 Å². The van der Waals surface area contributed by atoms with Crippen molar-refractivity contribution in [1.82, 2.24) is 10.0 Å². The molecule has 1 aliphatic rings. The van der Waals surface area contributed by atoms with E-state index < -0.39 is 20.7 Å². The van der Waals surface area contributed by atoms with Crippen molar-refractivity contribution in [2.24, 2.45) is 5.92 Å². The van der Waals surface area contributed by atoms with Crippen molar-refractivity contribution in [1.29, 1.82) is 0 Å². The molecule has 1 aromatic rings. The third-order valence-corrected chi connectivity index (χ3v) is 5.37. The van der Waals surface area contributed by atoms with Crippen LogP contribution >= 0.6 is 12.4 Å². The highest BCUT2D eigenvalue weighted by Gasteiger charge is 2.29. The Morgan fingerprint density at radius 2 is 1.87 bits per heavy atom. The molecular formula is C14H22ClFN2O4S. The Hall–Kier alpha value is -1.09. The standard InChI is InChI=1S/C14H21FN2O4S.ClH/c1-9-4-5-16-8-11(9)17-22(18,19)14-7-13(21-3)12(20-2)6-10(14)15;/h6-7,9,11,16-17H,4-5,8H2,1-3H3;1H. The summed E-state index contributed by atoms with van der Waals surface area (Å²) in [7, 11) is -1.25. The topological polar surface area (TPSA) is 76.7 Å². The van der Waals surface area contributed by atoms with Gasteiger partial charge in [0.1, 0.15) is 10.7 Å². The molecule has 2 atom stereocenters. The fraction of sp³-hybridized carbons (Fsp3) is 0.571. The first-order valence-corrected chi connectivity index (χ1v) is 8.52. The molecule has 0 amide bonds. The van der Waals surface area contributed by atoms with Gasteiger partial charge >= 0.3 is 0 Å². The van der Waals surface area contributed by atoms with Gasteiger partial charge in [-0.25, -0.2) is 17.5 Å². The number of ether oxygens (including phenoxy) is 2. The molecule has 9 heteroatoms. The molecule has 0 aromatic heterocycles. The van der Waals surface area contributed by atoms with Crippen LogP contribution in [0, 0.1) is 11.7 Å². The monoisotopic (exact) mass is 368 g/mol. The minimum absolute atomic E-state index is 0. The van der Waals surface area contributed by atoms with Gasteiger partial charge in [0.2, 0.25) is 10.0 Å². The first-order chi connectivity index (χ1) is 10.4. The lowest BCUT2D eigenvalue weighted by molar-refractivity contribution is 0.326. The average molecular weight is 369 g/mol. The number of piperidine rings is 1. The normalized spacial score (nSPS) is 21.4. The highest BCUT2D eigenvalue weighted by atomic mass is 35.5. The van der Waals surface area contributed by atoms with Gasteiger partial charge in [0.25, 0.3) is 0 Å².